The van der Waals surface area contributed by atoms with Crippen molar-refractivity contribution in [3.8, 4) is 22.3 Å². The maximum absolute atomic E-state index is 4.93. The van der Waals surface area contributed by atoms with E-state index in [1.165, 1.54) is 64.7 Å². The predicted octanol–water partition coefficient (Wildman–Crippen LogP) is 11.7. The van der Waals surface area contributed by atoms with Crippen molar-refractivity contribution in [3.63, 3.8) is 0 Å². The van der Waals surface area contributed by atoms with Crippen molar-refractivity contribution in [3.05, 3.63) is 120 Å². The first kappa shape index (κ1) is 36.9. The van der Waals surface area contributed by atoms with Crippen LogP contribution in [0.3, 0.4) is 0 Å². The van der Waals surface area contributed by atoms with Gasteiger partial charge in [0.25, 0.3) is 0 Å². The fraction of sp³-hybridized carbons (Fsp3) is 0.211. The fourth-order valence-electron chi connectivity index (χ4n) is 5.11. The van der Waals surface area contributed by atoms with E-state index in [4.69, 9.17) is 17.0 Å². The van der Waals surface area contributed by atoms with Crippen molar-refractivity contribution in [2.45, 2.75) is 36.7 Å². The minimum atomic E-state index is -0.826. The van der Waals surface area contributed by atoms with Crippen molar-refractivity contribution < 1.29 is 20.8 Å². The molecule has 44 heavy (non-hydrogen) atoms. The molecular weight excluding hydrogens is 711 g/mol. The zero-order valence-electron chi connectivity index (χ0n) is 27.0. The van der Waals surface area contributed by atoms with Crippen molar-refractivity contribution in [2.24, 2.45) is 0 Å². The van der Waals surface area contributed by atoms with E-state index in [0.29, 0.717) is 21.8 Å². The number of hydrogen-bond acceptors (Lipinski definition) is 0. The second kappa shape index (κ2) is 18.6. The van der Waals surface area contributed by atoms with Gasteiger partial charge in [-0.2, -0.15) is 12.1 Å². The minimum absolute atomic E-state index is 0.308. The predicted molar refractivity (Wildman–Crippen MR) is 204 cm³/mol. The molecule has 6 rings (SSSR count). The van der Waals surface area contributed by atoms with E-state index in [1.54, 1.807) is 0 Å². The Labute approximate surface area is 292 Å². The molecule has 0 aromatic heterocycles. The fourth-order valence-corrected chi connectivity index (χ4v) is 6.53. The first-order chi connectivity index (χ1) is 21.1. The molecular formula is C38H42Cl2S2SiZr+2. The summed E-state index contributed by atoms with van der Waals surface area (Å²) in [5.41, 5.74) is 8.02. The summed E-state index contributed by atoms with van der Waals surface area (Å²) in [6.07, 6.45) is 9.08. The number of fused-ring (bicyclic) bond motifs is 2. The second-order valence-electron chi connectivity index (χ2n) is 10.9. The molecule has 0 aliphatic rings. The van der Waals surface area contributed by atoms with Crippen molar-refractivity contribution in [1.82, 2.24) is 0 Å². The topological polar surface area (TPSA) is 0 Å². The van der Waals surface area contributed by atoms with Gasteiger partial charge in [0.1, 0.15) is 25.0 Å². The van der Waals surface area contributed by atoms with Gasteiger partial charge in [-0.3, -0.25) is 0 Å². The summed E-state index contributed by atoms with van der Waals surface area (Å²) in [5, 5.41) is 5.41. The summed E-state index contributed by atoms with van der Waals surface area (Å²) in [7, 11) is 11.6. The van der Waals surface area contributed by atoms with Crippen molar-refractivity contribution >= 4 is 69.9 Å². The quantitative estimate of drug-likeness (QED) is 0.0956. The molecule has 0 heterocycles. The molecule has 6 heteroatoms. The second-order valence-corrected chi connectivity index (χ2v) is 19.9. The van der Waals surface area contributed by atoms with Gasteiger partial charge >= 0.3 is 37.9 Å². The van der Waals surface area contributed by atoms with Gasteiger partial charge in [-0.15, -0.1) is 69.1 Å². The molecule has 0 fully saturated rings. The number of benzene rings is 4. The monoisotopic (exact) mass is 750 g/mol. The van der Waals surface area contributed by atoms with E-state index in [1.807, 2.05) is 0 Å². The SMILES string of the molecule is C[Si]C.Cc1cc2c(-c3cccc([S+](C)C)c3)cccc2[cH-]1.Cc1cc2c(-c3cccc([S+](C)C)c3)cccc2[cH-]1.[Cl][Zr+2][Cl]. The van der Waals surface area contributed by atoms with E-state index < -0.39 is 20.8 Å². The van der Waals surface area contributed by atoms with E-state index in [9.17, 15) is 0 Å². The zero-order chi connectivity index (χ0) is 32.2. The van der Waals surface area contributed by atoms with Crippen LogP contribution in [0.5, 0.6) is 0 Å². The van der Waals surface area contributed by atoms with Crippen LogP contribution in [0.25, 0.3) is 43.8 Å². The summed E-state index contributed by atoms with van der Waals surface area (Å²) in [4.78, 5) is 2.86. The Kier molecular flexibility index (Phi) is 15.6. The van der Waals surface area contributed by atoms with Crippen LogP contribution in [0.4, 0.5) is 0 Å². The molecule has 0 aliphatic carbocycles. The van der Waals surface area contributed by atoms with E-state index in [2.05, 4.69) is 161 Å². The Morgan fingerprint density at radius 3 is 1.25 bits per heavy atom. The summed E-state index contributed by atoms with van der Waals surface area (Å²) < 4.78 is 0. The van der Waals surface area contributed by atoms with Crippen LogP contribution in [0.15, 0.2) is 119 Å². The van der Waals surface area contributed by atoms with Gasteiger partial charge in [0.2, 0.25) is 0 Å². The first-order valence-corrected chi connectivity index (χ1v) is 26.8. The third kappa shape index (κ3) is 10.2. The summed E-state index contributed by atoms with van der Waals surface area (Å²) in [6.45, 7) is 8.63. The molecule has 6 aromatic carbocycles. The van der Waals surface area contributed by atoms with Crippen LogP contribution in [0, 0.1) is 13.8 Å². The zero-order valence-corrected chi connectivity index (χ0v) is 33.6. The molecule has 226 valence electrons. The van der Waals surface area contributed by atoms with Gasteiger partial charge in [0.05, 0.1) is 0 Å². The Morgan fingerprint density at radius 1 is 0.568 bits per heavy atom. The van der Waals surface area contributed by atoms with Crippen LogP contribution in [-0.4, -0.2) is 34.5 Å². The van der Waals surface area contributed by atoms with Gasteiger partial charge in [0, 0.05) is 43.4 Å². The van der Waals surface area contributed by atoms with Crippen LogP contribution in [-0.2, 0) is 42.6 Å². The molecule has 0 spiro atoms. The van der Waals surface area contributed by atoms with Gasteiger partial charge in [0.15, 0.2) is 9.79 Å². The Balaban J connectivity index is 0.000000204. The molecule has 6 aromatic rings. The van der Waals surface area contributed by atoms with Gasteiger partial charge in [-0.1, -0.05) is 74.5 Å². The molecule has 0 saturated carbocycles. The first-order valence-electron chi connectivity index (χ1n) is 14.4. The molecule has 0 saturated heterocycles. The Morgan fingerprint density at radius 2 is 0.909 bits per heavy atom. The number of aryl methyl sites for hydroxylation is 2. The molecule has 0 N–H and O–H groups in total. The average Bonchev–Trinajstić information content (AvgIpc) is 3.59. The molecule has 0 amide bonds. The molecule has 0 bridgehead atoms. The normalized spacial score (nSPS) is 10.5. The number of hydrogen-bond donors (Lipinski definition) is 0. The Hall–Kier alpha value is -1.52. The standard InChI is InChI=1S/2C18H18S.C2H6Si.2ClH.Zr/c2*1-13-10-14-7-5-9-17(18(14)11-13)15-6-4-8-16(12-15)19(2)3;1-3-2;;;/h2*4-12H,1-3H3;1-2H3;2*1H;/q;;;;;+4/p-2. The third-order valence-electron chi connectivity index (χ3n) is 7.02. The summed E-state index contributed by atoms with van der Waals surface area (Å²) in [6, 6.07) is 40.1. The number of halogens is 2. The van der Waals surface area contributed by atoms with Crippen LogP contribution >= 0.6 is 17.0 Å². The molecule has 0 aliphatic heterocycles. The summed E-state index contributed by atoms with van der Waals surface area (Å²) >= 11 is -0.826. The average molecular weight is 753 g/mol. The van der Waals surface area contributed by atoms with E-state index in [0.717, 1.165) is 9.52 Å². The van der Waals surface area contributed by atoms with Crippen molar-refractivity contribution in [2.75, 3.05) is 25.0 Å². The van der Waals surface area contributed by atoms with E-state index >= 15 is 0 Å². The maximum atomic E-state index is 4.93. The third-order valence-corrected chi connectivity index (χ3v) is 9.42. The number of rotatable bonds is 4. The summed E-state index contributed by atoms with van der Waals surface area (Å²) in [5.74, 6) is 0. The van der Waals surface area contributed by atoms with Crippen LogP contribution in [0.1, 0.15) is 11.1 Å². The van der Waals surface area contributed by atoms with Crippen molar-refractivity contribution in [1.29, 1.82) is 0 Å². The van der Waals surface area contributed by atoms with Gasteiger partial charge in [-0.25, -0.2) is 0 Å². The Bertz CT molecular complexity index is 1620. The molecule has 0 nitrogen and oxygen atoms in total. The van der Waals surface area contributed by atoms with Crippen LogP contribution < -0.4 is 0 Å². The van der Waals surface area contributed by atoms with Gasteiger partial charge < -0.3 is 0 Å². The van der Waals surface area contributed by atoms with Crippen LogP contribution in [0.2, 0.25) is 13.1 Å². The van der Waals surface area contributed by atoms with E-state index in [-0.39, 0.29) is 0 Å². The molecule has 2 radical (unpaired) electrons. The molecule has 0 atom stereocenters. The molecule has 0 unspecified atom stereocenters. The van der Waals surface area contributed by atoms with Gasteiger partial charge in [-0.05, 0) is 23.3 Å².